The molecule has 1 atom stereocenters. The monoisotopic (exact) mass is 244 g/mol. The molecule has 0 aliphatic rings. The number of aliphatic hydroxyl groups is 1. The lowest BCUT2D eigenvalue weighted by molar-refractivity contribution is 0.151. The van der Waals surface area contributed by atoms with Crippen molar-refractivity contribution < 1.29 is 9.63 Å². The highest BCUT2D eigenvalue weighted by molar-refractivity contribution is 5.74. The molecule has 0 radical (unpaired) electrons. The number of rotatable bonds is 3. The summed E-state index contributed by atoms with van der Waals surface area (Å²) in [6, 6.07) is 7.78. The molecule has 2 aromatic heterocycles. The van der Waals surface area contributed by atoms with Crippen LogP contribution < -0.4 is 0 Å². The maximum atomic E-state index is 9.30. The highest BCUT2D eigenvalue weighted by atomic mass is 16.5. The average Bonchev–Trinajstić information content (AvgIpc) is 2.94. The third kappa shape index (κ3) is 1.98. The third-order valence-electron chi connectivity index (χ3n) is 2.61. The Bertz CT molecular complexity index is 638. The highest BCUT2D eigenvalue weighted by Gasteiger charge is 2.12. The van der Waals surface area contributed by atoms with Crippen molar-refractivity contribution in [1.29, 1.82) is 0 Å². The number of imidazole rings is 1. The van der Waals surface area contributed by atoms with Gasteiger partial charge < -0.3 is 14.6 Å². The first-order chi connectivity index (χ1) is 8.72. The first-order valence-corrected chi connectivity index (χ1v) is 5.66. The van der Waals surface area contributed by atoms with Gasteiger partial charge in [-0.3, -0.25) is 0 Å². The van der Waals surface area contributed by atoms with Gasteiger partial charge in [0.15, 0.2) is 5.82 Å². The smallest absolute Gasteiger partial charge is 0.255 e. The van der Waals surface area contributed by atoms with E-state index in [0.29, 0.717) is 12.2 Å². The molecule has 0 saturated heterocycles. The van der Waals surface area contributed by atoms with E-state index in [2.05, 4.69) is 20.1 Å². The van der Waals surface area contributed by atoms with E-state index in [-0.39, 0.29) is 5.89 Å². The van der Waals surface area contributed by atoms with Gasteiger partial charge in [0.05, 0.1) is 17.5 Å². The SMILES string of the molecule is C[C@@H](O)c1nc(Cc2nc3ccccc3[nH]2)no1. The van der Waals surface area contributed by atoms with E-state index >= 15 is 0 Å². The maximum Gasteiger partial charge on any atom is 0.255 e. The Morgan fingerprint density at radius 3 is 2.89 bits per heavy atom. The second kappa shape index (κ2) is 4.23. The van der Waals surface area contributed by atoms with E-state index < -0.39 is 6.10 Å². The van der Waals surface area contributed by atoms with Crippen LogP contribution in [-0.2, 0) is 6.42 Å². The van der Waals surface area contributed by atoms with Crippen LogP contribution in [0.15, 0.2) is 28.8 Å². The predicted octanol–water partition coefficient (Wildman–Crippen LogP) is 1.59. The van der Waals surface area contributed by atoms with Crippen LogP contribution in [0, 0.1) is 0 Å². The lowest BCUT2D eigenvalue weighted by Crippen LogP contribution is -1.95. The first kappa shape index (κ1) is 10.9. The number of nitrogens with zero attached hydrogens (tertiary/aromatic N) is 3. The summed E-state index contributed by atoms with van der Waals surface area (Å²) < 4.78 is 4.92. The number of para-hydroxylation sites is 2. The quantitative estimate of drug-likeness (QED) is 0.730. The molecule has 0 spiro atoms. The van der Waals surface area contributed by atoms with Crippen LogP contribution >= 0.6 is 0 Å². The first-order valence-electron chi connectivity index (χ1n) is 5.66. The fourth-order valence-corrected chi connectivity index (χ4v) is 1.75. The molecule has 0 fully saturated rings. The number of benzene rings is 1. The molecule has 0 aliphatic heterocycles. The number of aromatic nitrogens is 4. The lowest BCUT2D eigenvalue weighted by atomic mass is 10.3. The Morgan fingerprint density at radius 1 is 1.33 bits per heavy atom. The van der Waals surface area contributed by atoms with E-state index in [1.807, 2.05) is 24.3 Å². The number of hydrogen-bond acceptors (Lipinski definition) is 5. The van der Waals surface area contributed by atoms with Gasteiger partial charge in [-0.05, 0) is 19.1 Å². The van der Waals surface area contributed by atoms with Crippen LogP contribution in [0.3, 0.4) is 0 Å². The number of hydrogen-bond donors (Lipinski definition) is 2. The number of aromatic amines is 1. The van der Waals surface area contributed by atoms with Gasteiger partial charge in [0.2, 0.25) is 0 Å². The summed E-state index contributed by atoms with van der Waals surface area (Å²) in [6.07, 6.45) is -0.299. The molecular formula is C12H12N4O2. The molecule has 0 amide bonds. The molecule has 0 aliphatic carbocycles. The topological polar surface area (TPSA) is 87.8 Å². The molecule has 3 aromatic rings. The average molecular weight is 244 g/mol. The van der Waals surface area contributed by atoms with Crippen molar-refractivity contribution in [3.63, 3.8) is 0 Å². The largest absolute Gasteiger partial charge is 0.384 e. The van der Waals surface area contributed by atoms with Crippen LogP contribution in [0.1, 0.15) is 30.6 Å². The van der Waals surface area contributed by atoms with Crippen molar-refractivity contribution >= 4 is 11.0 Å². The molecule has 2 N–H and O–H groups in total. The van der Waals surface area contributed by atoms with Crippen molar-refractivity contribution in [3.8, 4) is 0 Å². The minimum atomic E-state index is -0.748. The summed E-state index contributed by atoms with van der Waals surface area (Å²) in [5, 5.41) is 13.1. The van der Waals surface area contributed by atoms with Crippen molar-refractivity contribution in [2.24, 2.45) is 0 Å². The standard InChI is InChI=1S/C12H12N4O2/c1-7(17)12-15-11(16-18-12)6-10-13-8-4-2-3-5-9(8)14-10/h2-5,7,17H,6H2,1H3,(H,13,14)/t7-/m1/s1. The van der Waals surface area contributed by atoms with Crippen molar-refractivity contribution in [2.45, 2.75) is 19.4 Å². The molecule has 0 saturated carbocycles. The summed E-state index contributed by atoms with van der Waals surface area (Å²) in [4.78, 5) is 11.7. The molecule has 6 nitrogen and oxygen atoms in total. The molecule has 1 aromatic carbocycles. The van der Waals surface area contributed by atoms with Gasteiger partial charge in [0, 0.05) is 0 Å². The van der Waals surface area contributed by atoms with Gasteiger partial charge in [-0.15, -0.1) is 0 Å². The summed E-state index contributed by atoms with van der Waals surface area (Å²) in [7, 11) is 0. The van der Waals surface area contributed by atoms with E-state index in [1.165, 1.54) is 0 Å². The molecule has 3 rings (SSSR count). The van der Waals surface area contributed by atoms with E-state index in [9.17, 15) is 5.11 Å². The number of H-pyrrole nitrogens is 1. The molecule has 92 valence electrons. The summed E-state index contributed by atoms with van der Waals surface area (Å²) in [6.45, 7) is 1.58. The molecule has 6 heteroatoms. The Kier molecular flexibility index (Phi) is 2.56. The van der Waals surface area contributed by atoms with Crippen molar-refractivity contribution in [2.75, 3.05) is 0 Å². The zero-order chi connectivity index (χ0) is 12.5. The molecule has 0 bridgehead atoms. The molecular weight excluding hydrogens is 232 g/mol. The Balaban J connectivity index is 1.86. The Morgan fingerprint density at radius 2 is 2.17 bits per heavy atom. The Hall–Kier alpha value is -2.21. The van der Waals surface area contributed by atoms with Gasteiger partial charge in [-0.25, -0.2) is 4.98 Å². The van der Waals surface area contributed by atoms with Gasteiger partial charge in [0.25, 0.3) is 5.89 Å². The zero-order valence-corrected chi connectivity index (χ0v) is 9.79. The van der Waals surface area contributed by atoms with E-state index in [1.54, 1.807) is 6.92 Å². The molecule has 2 heterocycles. The van der Waals surface area contributed by atoms with Crippen molar-refractivity contribution in [1.82, 2.24) is 20.1 Å². The third-order valence-corrected chi connectivity index (χ3v) is 2.61. The van der Waals surface area contributed by atoms with E-state index in [0.717, 1.165) is 16.9 Å². The fraction of sp³-hybridized carbons (Fsp3) is 0.250. The second-order valence-electron chi connectivity index (χ2n) is 4.10. The number of nitrogens with one attached hydrogen (secondary N) is 1. The summed E-state index contributed by atoms with van der Waals surface area (Å²) in [5.74, 6) is 1.50. The fourth-order valence-electron chi connectivity index (χ4n) is 1.75. The van der Waals surface area contributed by atoms with Crippen LogP contribution in [0.2, 0.25) is 0 Å². The summed E-state index contributed by atoms with van der Waals surface area (Å²) >= 11 is 0. The van der Waals surface area contributed by atoms with Crippen LogP contribution in [0.4, 0.5) is 0 Å². The predicted molar refractivity (Wildman–Crippen MR) is 63.8 cm³/mol. The second-order valence-corrected chi connectivity index (χ2v) is 4.10. The van der Waals surface area contributed by atoms with Crippen LogP contribution in [-0.4, -0.2) is 25.2 Å². The van der Waals surface area contributed by atoms with Gasteiger partial charge in [0.1, 0.15) is 11.9 Å². The highest BCUT2D eigenvalue weighted by Crippen LogP contribution is 2.14. The van der Waals surface area contributed by atoms with Crippen LogP contribution in [0.5, 0.6) is 0 Å². The lowest BCUT2D eigenvalue weighted by Gasteiger charge is -1.92. The Labute approximate surface area is 103 Å². The zero-order valence-electron chi connectivity index (χ0n) is 9.79. The maximum absolute atomic E-state index is 9.30. The minimum Gasteiger partial charge on any atom is -0.384 e. The molecule has 0 unspecified atom stereocenters. The normalized spacial score (nSPS) is 13.0. The van der Waals surface area contributed by atoms with Gasteiger partial charge in [-0.2, -0.15) is 4.98 Å². The van der Waals surface area contributed by atoms with Gasteiger partial charge >= 0.3 is 0 Å². The summed E-state index contributed by atoms with van der Waals surface area (Å²) in [5.41, 5.74) is 1.89. The number of fused-ring (bicyclic) bond motifs is 1. The minimum absolute atomic E-state index is 0.223. The van der Waals surface area contributed by atoms with Crippen LogP contribution in [0.25, 0.3) is 11.0 Å². The molecule has 18 heavy (non-hydrogen) atoms. The van der Waals surface area contributed by atoms with Crippen molar-refractivity contribution in [3.05, 3.63) is 41.8 Å². The van der Waals surface area contributed by atoms with E-state index in [4.69, 9.17) is 4.52 Å². The van der Waals surface area contributed by atoms with Gasteiger partial charge in [-0.1, -0.05) is 17.3 Å². The number of aliphatic hydroxyl groups excluding tert-OH is 1.